The Morgan fingerprint density at radius 1 is 0.365 bits per heavy atom. The molecule has 0 saturated carbocycles. The van der Waals surface area contributed by atoms with Crippen molar-refractivity contribution in [2.75, 3.05) is 16.0 Å². The standard InChI is InChI=1S/C64H64N12O9/c65-55(80)25-28-62(68,52(77)31-40-34-71-49-10-4-1-7-46(40)49)59(83)74-43-19-13-37(14-20-43)58(38-15-21-44(22-16-38)75-60(84)63(69,29-26-56(66)81)53(78)32-41-35-72-50-11-5-2-8-47(41)50)39-17-23-45(24-18-39)76-61(85)64(70,30-27-57(67)82)54(79)33-42-36-73-51-12-6-3-9-48(42)51/h1-24,34-36,58,71-73H,25-33,68-70H2,(H2,65,80)(H2,66,81)(H2,67,82)(H,74,83)(H,75,84)(H,76,85)/t62-,63-,64-/m1/s1. The van der Waals surface area contributed by atoms with Crippen molar-refractivity contribution in [3.8, 4) is 0 Å². The van der Waals surface area contributed by atoms with Gasteiger partial charge in [-0.15, -0.1) is 0 Å². The summed E-state index contributed by atoms with van der Waals surface area (Å²) in [5.41, 5.74) is 36.9. The second-order valence-corrected chi connectivity index (χ2v) is 21.4. The lowest BCUT2D eigenvalue weighted by atomic mass is 9.84. The van der Waals surface area contributed by atoms with Crippen LogP contribution >= 0.6 is 0 Å². The lowest BCUT2D eigenvalue weighted by molar-refractivity contribution is -0.135. The van der Waals surface area contributed by atoms with E-state index < -0.39 is 75.3 Å². The van der Waals surface area contributed by atoms with Gasteiger partial charge in [-0.05, 0) is 107 Å². The van der Waals surface area contributed by atoms with Gasteiger partial charge in [-0.25, -0.2) is 0 Å². The van der Waals surface area contributed by atoms with Gasteiger partial charge in [-0.3, -0.25) is 43.2 Å². The number of ketones is 3. The highest BCUT2D eigenvalue weighted by molar-refractivity contribution is 6.18. The number of nitrogens with two attached hydrogens (primary N) is 6. The largest absolute Gasteiger partial charge is 0.370 e. The second kappa shape index (κ2) is 25.0. The van der Waals surface area contributed by atoms with Gasteiger partial charge in [0.05, 0.1) is 0 Å². The van der Waals surface area contributed by atoms with Gasteiger partial charge in [0, 0.05) is 113 Å². The first kappa shape index (κ1) is 59.3. The summed E-state index contributed by atoms with van der Waals surface area (Å²) in [5, 5.41) is 10.6. The highest BCUT2D eigenvalue weighted by Crippen LogP contribution is 2.35. The number of anilines is 3. The number of fused-ring (bicyclic) bond motifs is 3. The number of amides is 6. The second-order valence-electron chi connectivity index (χ2n) is 21.4. The van der Waals surface area contributed by atoms with Crippen molar-refractivity contribution in [1.82, 2.24) is 15.0 Å². The summed E-state index contributed by atoms with van der Waals surface area (Å²) in [6, 6.07) is 42.1. The van der Waals surface area contributed by atoms with Crippen molar-refractivity contribution in [2.24, 2.45) is 34.4 Å². The van der Waals surface area contributed by atoms with Crippen LogP contribution in [0.4, 0.5) is 17.1 Å². The summed E-state index contributed by atoms with van der Waals surface area (Å²) in [6.45, 7) is 0. The van der Waals surface area contributed by atoms with Crippen molar-refractivity contribution >= 4 is 103 Å². The zero-order valence-corrected chi connectivity index (χ0v) is 46.2. The van der Waals surface area contributed by atoms with E-state index in [0.29, 0.717) is 33.4 Å². The molecule has 0 radical (unpaired) electrons. The van der Waals surface area contributed by atoms with Crippen molar-refractivity contribution in [1.29, 1.82) is 0 Å². The van der Waals surface area contributed by atoms with E-state index in [1.165, 1.54) is 0 Å². The van der Waals surface area contributed by atoms with Crippen LogP contribution in [0.1, 0.15) is 77.8 Å². The van der Waals surface area contributed by atoms with Crippen molar-refractivity contribution in [2.45, 2.75) is 80.3 Å². The molecule has 18 N–H and O–H groups in total. The number of hydrogen-bond donors (Lipinski definition) is 12. The van der Waals surface area contributed by atoms with Crippen LogP contribution < -0.4 is 50.4 Å². The first-order chi connectivity index (χ1) is 40.6. The van der Waals surface area contributed by atoms with Crippen LogP contribution in [0.15, 0.2) is 164 Å². The fraction of sp³-hybridized carbons (Fsp3) is 0.203. The van der Waals surface area contributed by atoms with Crippen LogP contribution in [0.5, 0.6) is 0 Å². The fourth-order valence-corrected chi connectivity index (χ4v) is 10.5. The van der Waals surface area contributed by atoms with Crippen LogP contribution in [0.3, 0.4) is 0 Å². The molecule has 0 bridgehead atoms. The first-order valence-electron chi connectivity index (χ1n) is 27.4. The summed E-state index contributed by atoms with van der Waals surface area (Å²) in [4.78, 5) is 130. The Labute approximate surface area is 487 Å². The highest BCUT2D eigenvalue weighted by Gasteiger charge is 2.44. The summed E-state index contributed by atoms with van der Waals surface area (Å²) in [6.07, 6.45) is 2.29. The van der Waals surface area contributed by atoms with Crippen LogP contribution in [0, 0.1) is 0 Å². The van der Waals surface area contributed by atoms with Gasteiger partial charge in [0.2, 0.25) is 17.7 Å². The molecule has 0 aliphatic heterocycles. The van der Waals surface area contributed by atoms with Crippen molar-refractivity contribution in [3.05, 3.63) is 198 Å². The maximum atomic E-state index is 14.2. The molecule has 434 valence electrons. The Morgan fingerprint density at radius 3 is 0.859 bits per heavy atom. The molecule has 3 aromatic heterocycles. The predicted molar refractivity (Wildman–Crippen MR) is 323 cm³/mol. The average Bonchev–Trinajstić information content (AvgIpc) is 2.99. The smallest absolute Gasteiger partial charge is 0.252 e. The molecule has 0 unspecified atom stereocenters. The van der Waals surface area contributed by atoms with Crippen LogP contribution in [-0.2, 0) is 62.4 Å². The normalized spacial score (nSPS) is 13.6. The van der Waals surface area contributed by atoms with Gasteiger partial charge in [0.15, 0.2) is 34.0 Å². The highest BCUT2D eigenvalue weighted by atomic mass is 16.2. The van der Waals surface area contributed by atoms with Crippen LogP contribution in [0.2, 0.25) is 0 Å². The minimum atomic E-state index is -2.16. The van der Waals surface area contributed by atoms with Crippen molar-refractivity contribution in [3.63, 3.8) is 0 Å². The monoisotopic (exact) mass is 1140 g/mol. The van der Waals surface area contributed by atoms with Gasteiger partial charge in [-0.1, -0.05) is 91.0 Å². The number of benzene rings is 6. The molecule has 3 atom stereocenters. The number of H-pyrrole nitrogens is 3. The molecule has 0 aliphatic rings. The summed E-state index contributed by atoms with van der Waals surface area (Å²) < 4.78 is 0. The molecule has 6 amide bonds. The predicted octanol–water partition coefficient (Wildman–Crippen LogP) is 5.45. The number of aromatic nitrogens is 3. The lowest BCUT2D eigenvalue weighted by Gasteiger charge is -2.27. The van der Waals surface area contributed by atoms with E-state index in [0.717, 1.165) is 32.7 Å². The molecule has 85 heavy (non-hydrogen) atoms. The van der Waals surface area contributed by atoms with Crippen LogP contribution in [-0.4, -0.2) is 84.4 Å². The number of primary amides is 3. The maximum Gasteiger partial charge on any atom is 0.252 e. The van der Waals surface area contributed by atoms with Gasteiger partial charge < -0.3 is 65.3 Å². The SMILES string of the molecule is NC(=O)CC[C@@](N)(C(=O)Cc1c[nH]c2ccccc12)C(=O)Nc1ccc(C(c2ccc(NC(=O)[C@@](N)(CCC(N)=O)C(=O)Cc3c[nH]c4ccccc34)cc2)c2ccc(NC(=O)[C@@](N)(CCC(N)=O)C(=O)Cc3c[nH]c4ccccc34)cc2)cc1. The number of rotatable bonds is 27. The number of Topliss-reactive ketones (excluding diaryl/α,β-unsaturated/α-hetero) is 3. The zero-order valence-electron chi connectivity index (χ0n) is 46.2. The maximum absolute atomic E-state index is 14.2. The fourth-order valence-electron chi connectivity index (χ4n) is 10.5. The van der Waals surface area contributed by atoms with Gasteiger partial charge in [0.25, 0.3) is 17.7 Å². The number of para-hydroxylation sites is 3. The third kappa shape index (κ3) is 13.1. The molecule has 6 aromatic carbocycles. The van der Waals surface area contributed by atoms with E-state index in [-0.39, 0.29) is 74.8 Å². The minimum absolute atomic E-state index is 0.211. The third-order valence-corrected chi connectivity index (χ3v) is 15.6. The number of carbonyl (C=O) groups excluding carboxylic acids is 9. The molecule has 0 fully saturated rings. The number of aromatic amines is 3. The molecular weight excluding hydrogens is 1080 g/mol. The van der Waals surface area contributed by atoms with Crippen LogP contribution in [0.25, 0.3) is 32.7 Å². The molecule has 9 rings (SSSR count). The van der Waals surface area contributed by atoms with E-state index in [4.69, 9.17) is 34.4 Å². The Hall–Kier alpha value is -10.4. The van der Waals surface area contributed by atoms with E-state index in [1.54, 1.807) is 91.4 Å². The van der Waals surface area contributed by atoms with E-state index in [2.05, 4.69) is 30.9 Å². The summed E-state index contributed by atoms with van der Waals surface area (Å²) >= 11 is 0. The Balaban J connectivity index is 0.991. The molecule has 21 nitrogen and oxygen atoms in total. The first-order valence-corrected chi connectivity index (χ1v) is 27.4. The Bertz CT molecular complexity index is 3630. The van der Waals surface area contributed by atoms with Gasteiger partial charge in [-0.2, -0.15) is 0 Å². The Morgan fingerprint density at radius 2 is 0.612 bits per heavy atom. The summed E-state index contributed by atoms with van der Waals surface area (Å²) in [5.74, 6) is -7.31. The zero-order chi connectivity index (χ0) is 60.6. The topological polar surface area (TPSA) is 393 Å². The molecule has 0 aliphatic carbocycles. The quantitative estimate of drug-likeness (QED) is 0.0226. The molecule has 3 heterocycles. The lowest BCUT2D eigenvalue weighted by Crippen LogP contribution is -2.58. The number of carbonyl (C=O) groups is 9. The van der Waals surface area contributed by atoms with Crippen molar-refractivity contribution < 1.29 is 43.2 Å². The number of hydrogen-bond acceptors (Lipinski definition) is 12. The van der Waals surface area contributed by atoms with Gasteiger partial charge >= 0.3 is 0 Å². The Kier molecular flexibility index (Phi) is 17.4. The van der Waals surface area contributed by atoms with E-state index >= 15 is 0 Å². The molecule has 0 saturated heterocycles. The molecule has 0 spiro atoms. The minimum Gasteiger partial charge on any atom is -0.370 e. The summed E-state index contributed by atoms with van der Waals surface area (Å²) in [7, 11) is 0. The number of nitrogens with one attached hydrogen (secondary N) is 6. The third-order valence-electron chi connectivity index (χ3n) is 15.6. The average molecular weight is 1150 g/mol. The molecule has 9 aromatic rings. The molecule has 21 heteroatoms. The van der Waals surface area contributed by atoms with E-state index in [1.807, 2.05) is 72.8 Å². The van der Waals surface area contributed by atoms with E-state index in [9.17, 15) is 43.2 Å². The van der Waals surface area contributed by atoms with Gasteiger partial charge in [0.1, 0.15) is 0 Å². The molecular formula is C64H64N12O9.